The van der Waals surface area contributed by atoms with Gasteiger partial charge in [0.2, 0.25) is 15.9 Å². The van der Waals surface area contributed by atoms with E-state index in [4.69, 9.17) is 16.0 Å². The third-order valence-electron chi connectivity index (χ3n) is 3.09. The average molecular weight is 389 g/mol. The summed E-state index contributed by atoms with van der Waals surface area (Å²) in [5, 5.41) is 1.95. The van der Waals surface area contributed by atoms with Crippen LogP contribution < -0.4 is 4.72 Å². The molecule has 9 heteroatoms. The maximum atomic E-state index is 12.1. The van der Waals surface area contributed by atoms with Crippen molar-refractivity contribution in [1.29, 1.82) is 0 Å². The molecular weight excluding hydrogens is 376 g/mol. The quantitative estimate of drug-likeness (QED) is 0.694. The fourth-order valence-electron chi connectivity index (χ4n) is 1.98. The Labute approximate surface area is 147 Å². The highest BCUT2D eigenvalue weighted by Crippen LogP contribution is 2.27. The van der Waals surface area contributed by atoms with Gasteiger partial charge in [-0.25, -0.2) is 18.1 Å². The average Bonchev–Trinajstić information content (AvgIpc) is 3.20. The summed E-state index contributed by atoms with van der Waals surface area (Å²) in [5.74, 6) is 1.27. The molecule has 0 aromatic carbocycles. The molecule has 122 valence electrons. The fraction of sp³-hybridized carbons (Fsp3) is 0.214. The molecule has 3 aromatic heterocycles. The van der Waals surface area contributed by atoms with Crippen molar-refractivity contribution in [3.63, 3.8) is 0 Å². The number of rotatable bonds is 6. The van der Waals surface area contributed by atoms with Crippen LogP contribution in [0, 0.1) is 6.92 Å². The van der Waals surface area contributed by atoms with E-state index < -0.39 is 10.0 Å². The summed E-state index contributed by atoms with van der Waals surface area (Å²) in [5.41, 5.74) is 0.750. The van der Waals surface area contributed by atoms with Crippen molar-refractivity contribution in [2.75, 3.05) is 6.54 Å². The fourth-order valence-corrected chi connectivity index (χ4v) is 5.19. The molecule has 1 N–H and O–H groups in total. The van der Waals surface area contributed by atoms with Gasteiger partial charge in [-0.3, -0.25) is 0 Å². The predicted molar refractivity (Wildman–Crippen MR) is 92.8 cm³/mol. The zero-order valence-corrected chi connectivity index (χ0v) is 15.3. The van der Waals surface area contributed by atoms with Crippen LogP contribution in [0.25, 0.3) is 10.8 Å². The number of aryl methyl sites for hydroxylation is 1. The molecule has 0 aliphatic rings. The van der Waals surface area contributed by atoms with E-state index in [2.05, 4.69) is 9.71 Å². The smallest absolute Gasteiger partial charge is 0.250 e. The highest BCUT2D eigenvalue weighted by molar-refractivity contribution is 7.91. The summed E-state index contributed by atoms with van der Waals surface area (Å²) in [6.07, 6.45) is 0.457. The number of aromatic nitrogens is 1. The lowest BCUT2D eigenvalue weighted by Crippen LogP contribution is -2.25. The van der Waals surface area contributed by atoms with E-state index >= 15 is 0 Å². The van der Waals surface area contributed by atoms with Crippen LogP contribution in [0.15, 0.2) is 38.3 Å². The van der Waals surface area contributed by atoms with E-state index in [9.17, 15) is 8.42 Å². The number of nitrogens with one attached hydrogen (secondary N) is 1. The summed E-state index contributed by atoms with van der Waals surface area (Å²) in [7, 11) is -3.53. The molecule has 0 spiro atoms. The second kappa shape index (κ2) is 6.74. The molecule has 0 fully saturated rings. The van der Waals surface area contributed by atoms with Crippen molar-refractivity contribution in [3.05, 3.63) is 45.4 Å². The second-order valence-corrected chi connectivity index (χ2v) is 9.36. The molecule has 0 radical (unpaired) electrons. The Balaban J connectivity index is 1.65. The first-order chi connectivity index (χ1) is 11.0. The highest BCUT2D eigenvalue weighted by Gasteiger charge is 2.17. The minimum absolute atomic E-state index is 0.207. The van der Waals surface area contributed by atoms with Crippen molar-refractivity contribution in [2.24, 2.45) is 0 Å². The Morgan fingerprint density at radius 2 is 2.17 bits per heavy atom. The monoisotopic (exact) mass is 388 g/mol. The molecule has 3 heterocycles. The Morgan fingerprint density at radius 3 is 2.83 bits per heavy atom. The summed E-state index contributed by atoms with van der Waals surface area (Å²) in [6.45, 7) is 2.07. The number of halogens is 1. The number of sulfonamides is 1. The van der Waals surface area contributed by atoms with Gasteiger partial charge in [-0.1, -0.05) is 17.7 Å². The molecule has 0 atom stereocenters. The summed E-state index contributed by atoms with van der Waals surface area (Å²) in [4.78, 5) is 5.39. The van der Waals surface area contributed by atoms with Gasteiger partial charge in [0, 0.05) is 13.0 Å². The Morgan fingerprint density at radius 1 is 1.35 bits per heavy atom. The maximum absolute atomic E-state index is 12.1. The number of thiophene rings is 2. The van der Waals surface area contributed by atoms with Crippen molar-refractivity contribution in [2.45, 2.75) is 17.6 Å². The molecule has 0 bridgehead atoms. The van der Waals surface area contributed by atoms with Crippen LogP contribution in [0.4, 0.5) is 0 Å². The highest BCUT2D eigenvalue weighted by atomic mass is 35.5. The molecular formula is C14H13ClN2O3S3. The van der Waals surface area contributed by atoms with Crippen LogP contribution in [0.1, 0.15) is 11.5 Å². The van der Waals surface area contributed by atoms with Crippen LogP contribution in [-0.4, -0.2) is 19.9 Å². The predicted octanol–water partition coefficient (Wildman–Crippen LogP) is 3.95. The van der Waals surface area contributed by atoms with Crippen molar-refractivity contribution < 1.29 is 12.8 Å². The van der Waals surface area contributed by atoms with Crippen LogP contribution in [-0.2, 0) is 16.4 Å². The Hall–Kier alpha value is -1.19. The van der Waals surface area contributed by atoms with Gasteiger partial charge in [0.15, 0.2) is 0 Å². The molecule has 3 rings (SSSR count). The number of hydrogen-bond donors (Lipinski definition) is 1. The Kier molecular flexibility index (Phi) is 4.88. The van der Waals surface area contributed by atoms with Crippen molar-refractivity contribution in [1.82, 2.24) is 9.71 Å². The third kappa shape index (κ3) is 3.84. The Bertz CT molecular complexity index is 898. The first-order valence-corrected chi connectivity index (χ1v) is 10.3. The van der Waals surface area contributed by atoms with Gasteiger partial charge in [0.1, 0.15) is 9.97 Å². The number of nitrogens with zero attached hydrogens (tertiary/aromatic N) is 1. The van der Waals surface area contributed by atoms with Gasteiger partial charge in [0.05, 0.1) is 14.9 Å². The SMILES string of the molecule is Cc1oc(-c2cccs2)nc1CCNS(=O)(=O)c1ccc(Cl)s1. The standard InChI is InChI=1S/C14H13ClN2O3S3/c1-9-10(17-14(20-9)11-3-2-8-21-11)6-7-16-23(18,19)13-5-4-12(15)22-13/h2-5,8,16H,6-7H2,1H3. The maximum Gasteiger partial charge on any atom is 0.250 e. The van der Waals surface area contributed by atoms with Crippen LogP contribution in [0.2, 0.25) is 4.34 Å². The van der Waals surface area contributed by atoms with E-state index in [-0.39, 0.29) is 10.8 Å². The van der Waals surface area contributed by atoms with Gasteiger partial charge >= 0.3 is 0 Å². The second-order valence-electron chi connectivity index (χ2n) is 4.71. The van der Waals surface area contributed by atoms with Gasteiger partial charge < -0.3 is 4.42 Å². The van der Waals surface area contributed by atoms with Crippen LogP contribution >= 0.6 is 34.3 Å². The normalized spacial score (nSPS) is 11.9. The molecule has 0 aliphatic carbocycles. The lowest BCUT2D eigenvalue weighted by Gasteiger charge is -2.03. The van der Waals surface area contributed by atoms with Gasteiger partial charge in [-0.05, 0) is 30.5 Å². The summed E-state index contributed by atoms with van der Waals surface area (Å²) >= 11 is 8.35. The molecule has 0 saturated heterocycles. The molecule has 5 nitrogen and oxygen atoms in total. The van der Waals surface area contributed by atoms with Crippen LogP contribution in [0.3, 0.4) is 0 Å². The molecule has 0 saturated carbocycles. The van der Waals surface area contributed by atoms with E-state index in [0.717, 1.165) is 21.9 Å². The first-order valence-electron chi connectivity index (χ1n) is 6.71. The van der Waals surface area contributed by atoms with E-state index in [1.54, 1.807) is 17.4 Å². The zero-order chi connectivity index (χ0) is 16.4. The number of hydrogen-bond acceptors (Lipinski definition) is 6. The topological polar surface area (TPSA) is 72.2 Å². The number of oxazole rings is 1. The molecule has 3 aromatic rings. The van der Waals surface area contributed by atoms with Gasteiger partial charge in [-0.15, -0.1) is 22.7 Å². The third-order valence-corrected chi connectivity index (χ3v) is 7.13. The minimum atomic E-state index is -3.53. The minimum Gasteiger partial charge on any atom is -0.440 e. The van der Waals surface area contributed by atoms with Crippen molar-refractivity contribution in [3.8, 4) is 10.8 Å². The molecule has 0 unspecified atom stereocenters. The summed E-state index contributed by atoms with van der Waals surface area (Å²) < 4.78 is 33.1. The van der Waals surface area contributed by atoms with Crippen molar-refractivity contribution >= 4 is 44.3 Å². The summed E-state index contributed by atoms with van der Waals surface area (Å²) in [6, 6.07) is 6.92. The first kappa shape index (κ1) is 16.7. The van der Waals surface area contributed by atoms with Gasteiger partial charge in [0.25, 0.3) is 0 Å². The molecule has 0 aliphatic heterocycles. The lowest BCUT2D eigenvalue weighted by molar-refractivity contribution is 0.540. The van der Waals surface area contributed by atoms with E-state index in [1.807, 2.05) is 24.4 Å². The van der Waals surface area contributed by atoms with Gasteiger partial charge in [-0.2, -0.15) is 0 Å². The zero-order valence-electron chi connectivity index (χ0n) is 12.1. The molecule has 23 heavy (non-hydrogen) atoms. The lowest BCUT2D eigenvalue weighted by atomic mass is 10.3. The van der Waals surface area contributed by atoms with E-state index in [1.165, 1.54) is 6.07 Å². The molecule has 0 amide bonds. The van der Waals surface area contributed by atoms with E-state index in [0.29, 0.717) is 22.4 Å². The largest absolute Gasteiger partial charge is 0.440 e. The van der Waals surface area contributed by atoms with Crippen LogP contribution in [0.5, 0.6) is 0 Å².